The molecule has 5 heteroatoms. The maximum absolute atomic E-state index is 11.7. The van der Waals surface area contributed by atoms with Crippen LogP contribution in [0.15, 0.2) is 12.1 Å². The second-order valence-corrected chi connectivity index (χ2v) is 7.30. The summed E-state index contributed by atoms with van der Waals surface area (Å²) < 4.78 is 0. The van der Waals surface area contributed by atoms with Crippen LogP contribution in [-0.4, -0.2) is 19.0 Å². The fraction of sp³-hybridized carbons (Fsp3) is 0.562. The summed E-state index contributed by atoms with van der Waals surface area (Å²) in [5, 5.41) is 0.498. The Morgan fingerprint density at radius 1 is 1.29 bits per heavy atom. The van der Waals surface area contributed by atoms with E-state index in [-0.39, 0.29) is 0 Å². The molecule has 21 heavy (non-hydrogen) atoms. The number of nitrogen functional groups attached to an aromatic ring is 1. The number of amides is 1. The smallest absolute Gasteiger partial charge is 0.250 e. The molecule has 1 saturated heterocycles. The first kappa shape index (κ1) is 16.0. The van der Waals surface area contributed by atoms with Gasteiger partial charge in [-0.05, 0) is 36.3 Å². The van der Waals surface area contributed by atoms with Crippen LogP contribution in [0.2, 0.25) is 5.02 Å². The third-order valence-corrected chi connectivity index (χ3v) is 4.68. The first-order valence-electron chi connectivity index (χ1n) is 7.34. The number of carbonyl (C=O) groups excluding carboxylic acids is 1. The van der Waals surface area contributed by atoms with Gasteiger partial charge in [-0.3, -0.25) is 4.79 Å². The van der Waals surface area contributed by atoms with Gasteiger partial charge in [0.2, 0.25) is 0 Å². The van der Waals surface area contributed by atoms with Gasteiger partial charge in [-0.15, -0.1) is 0 Å². The van der Waals surface area contributed by atoms with Crippen LogP contribution in [0.5, 0.6) is 0 Å². The summed E-state index contributed by atoms with van der Waals surface area (Å²) in [4.78, 5) is 13.8. The van der Waals surface area contributed by atoms with Crippen LogP contribution in [0.1, 0.15) is 44.0 Å². The summed E-state index contributed by atoms with van der Waals surface area (Å²) in [6, 6.07) is 3.29. The molecule has 1 aliphatic rings. The molecule has 0 bridgehead atoms. The predicted octanol–water partition coefficient (Wildman–Crippen LogP) is 3.28. The van der Waals surface area contributed by atoms with Gasteiger partial charge in [-0.25, -0.2) is 0 Å². The summed E-state index contributed by atoms with van der Waals surface area (Å²) in [6.45, 7) is 8.59. The summed E-state index contributed by atoms with van der Waals surface area (Å²) in [7, 11) is 0. The molecule has 0 aliphatic carbocycles. The van der Waals surface area contributed by atoms with Crippen molar-refractivity contribution >= 4 is 28.9 Å². The van der Waals surface area contributed by atoms with Crippen molar-refractivity contribution in [1.29, 1.82) is 0 Å². The van der Waals surface area contributed by atoms with Gasteiger partial charge in [0.05, 0.1) is 16.3 Å². The van der Waals surface area contributed by atoms with Crippen molar-refractivity contribution in [1.82, 2.24) is 0 Å². The molecule has 4 N–H and O–H groups in total. The van der Waals surface area contributed by atoms with Gasteiger partial charge in [0, 0.05) is 18.8 Å². The van der Waals surface area contributed by atoms with Crippen LogP contribution in [0.4, 0.5) is 11.4 Å². The lowest BCUT2D eigenvalue weighted by Crippen LogP contribution is -2.39. The van der Waals surface area contributed by atoms with Crippen LogP contribution >= 0.6 is 11.6 Å². The molecule has 1 heterocycles. The zero-order valence-electron chi connectivity index (χ0n) is 12.9. The number of nitrogens with zero attached hydrogens (tertiary/aromatic N) is 1. The Bertz CT molecular complexity index is 543. The third kappa shape index (κ3) is 3.43. The van der Waals surface area contributed by atoms with Crippen LogP contribution in [0, 0.1) is 11.3 Å². The number of piperidine rings is 1. The summed E-state index contributed by atoms with van der Waals surface area (Å²) in [6.07, 6.45) is 2.17. The average molecular weight is 310 g/mol. The molecule has 0 saturated carbocycles. The molecule has 1 aromatic rings. The van der Waals surface area contributed by atoms with E-state index in [1.54, 1.807) is 12.1 Å². The standard InChI is InChI=1S/C16H24ClN3O/c1-16(2,3)10-4-6-20(7-5-10)14-12(15(19)21)8-11(18)9-13(14)17/h8-10H,4-7,18H2,1-3H3,(H2,19,21). The van der Waals surface area contributed by atoms with Crippen molar-refractivity contribution in [3.8, 4) is 0 Å². The second-order valence-electron chi connectivity index (χ2n) is 6.89. The summed E-state index contributed by atoms with van der Waals surface area (Å²) >= 11 is 6.31. The molecule has 1 fully saturated rings. The quantitative estimate of drug-likeness (QED) is 0.823. The average Bonchev–Trinajstić information content (AvgIpc) is 2.37. The van der Waals surface area contributed by atoms with Gasteiger partial charge in [0.1, 0.15) is 0 Å². The molecule has 4 nitrogen and oxygen atoms in total. The lowest BCUT2D eigenvalue weighted by Gasteiger charge is -2.40. The lowest BCUT2D eigenvalue weighted by molar-refractivity contribution is 0.100. The molecule has 2 rings (SSSR count). The highest BCUT2D eigenvalue weighted by Crippen LogP contribution is 2.39. The summed E-state index contributed by atoms with van der Waals surface area (Å²) in [5.41, 5.74) is 13.1. The Morgan fingerprint density at radius 3 is 2.33 bits per heavy atom. The highest BCUT2D eigenvalue weighted by atomic mass is 35.5. The van der Waals surface area contributed by atoms with E-state index in [0.29, 0.717) is 27.6 Å². The Kier molecular flexibility index (Phi) is 4.38. The van der Waals surface area contributed by atoms with Crippen molar-refractivity contribution in [3.63, 3.8) is 0 Å². The number of nitrogens with two attached hydrogens (primary N) is 2. The van der Waals surface area contributed by atoms with Crippen LogP contribution in [-0.2, 0) is 0 Å². The molecule has 0 atom stereocenters. The predicted molar refractivity (Wildman–Crippen MR) is 88.8 cm³/mol. The van der Waals surface area contributed by atoms with E-state index in [1.165, 1.54) is 0 Å². The molecule has 1 aromatic carbocycles. The van der Waals surface area contributed by atoms with E-state index in [9.17, 15) is 4.79 Å². The SMILES string of the molecule is CC(C)(C)C1CCN(c2c(Cl)cc(N)cc2C(N)=O)CC1. The fourth-order valence-corrected chi connectivity index (χ4v) is 3.45. The van der Waals surface area contributed by atoms with E-state index in [2.05, 4.69) is 25.7 Å². The van der Waals surface area contributed by atoms with E-state index in [4.69, 9.17) is 23.1 Å². The second kappa shape index (κ2) is 5.76. The number of hydrogen-bond donors (Lipinski definition) is 2. The number of anilines is 2. The Hall–Kier alpha value is -1.42. The lowest BCUT2D eigenvalue weighted by atomic mass is 9.75. The Morgan fingerprint density at radius 2 is 1.86 bits per heavy atom. The highest BCUT2D eigenvalue weighted by Gasteiger charge is 2.30. The normalized spacial score (nSPS) is 17.0. The van der Waals surface area contributed by atoms with Gasteiger partial charge in [-0.2, -0.15) is 0 Å². The number of benzene rings is 1. The molecule has 116 valence electrons. The number of halogens is 1. The van der Waals surface area contributed by atoms with Gasteiger partial charge in [0.15, 0.2) is 0 Å². The van der Waals surface area contributed by atoms with E-state index in [1.807, 2.05) is 0 Å². The number of primary amides is 1. The minimum absolute atomic E-state index is 0.309. The molecular formula is C16H24ClN3O. The molecule has 1 aliphatic heterocycles. The first-order chi connectivity index (χ1) is 9.70. The van der Waals surface area contributed by atoms with Gasteiger partial charge >= 0.3 is 0 Å². The van der Waals surface area contributed by atoms with Gasteiger partial charge < -0.3 is 16.4 Å². The number of rotatable bonds is 2. The molecule has 0 radical (unpaired) electrons. The van der Waals surface area contributed by atoms with Crippen molar-refractivity contribution in [2.24, 2.45) is 17.1 Å². The number of carbonyl (C=O) groups is 1. The maximum Gasteiger partial charge on any atom is 0.250 e. The van der Waals surface area contributed by atoms with Crippen molar-refractivity contribution in [2.75, 3.05) is 23.7 Å². The van der Waals surface area contributed by atoms with Gasteiger partial charge in [0.25, 0.3) is 5.91 Å². The molecule has 0 spiro atoms. The van der Waals surface area contributed by atoms with E-state index >= 15 is 0 Å². The number of hydrogen-bond acceptors (Lipinski definition) is 3. The molecule has 1 amide bonds. The zero-order valence-corrected chi connectivity index (χ0v) is 13.7. The highest BCUT2D eigenvalue weighted by molar-refractivity contribution is 6.34. The van der Waals surface area contributed by atoms with Crippen LogP contribution in [0.3, 0.4) is 0 Å². The largest absolute Gasteiger partial charge is 0.399 e. The summed E-state index contributed by atoms with van der Waals surface area (Å²) in [5.74, 6) is 0.190. The van der Waals surface area contributed by atoms with Crippen molar-refractivity contribution in [3.05, 3.63) is 22.7 Å². The minimum atomic E-state index is -0.489. The monoisotopic (exact) mass is 309 g/mol. The Labute approximate surface area is 131 Å². The maximum atomic E-state index is 11.7. The van der Waals surface area contributed by atoms with Gasteiger partial charge in [-0.1, -0.05) is 32.4 Å². The van der Waals surface area contributed by atoms with E-state index < -0.39 is 5.91 Å². The topological polar surface area (TPSA) is 72.3 Å². The minimum Gasteiger partial charge on any atom is -0.399 e. The molecule has 0 aromatic heterocycles. The molecule has 0 unspecified atom stereocenters. The Balaban J connectivity index is 2.26. The first-order valence-corrected chi connectivity index (χ1v) is 7.71. The van der Waals surface area contributed by atoms with E-state index in [0.717, 1.165) is 31.6 Å². The molecular weight excluding hydrogens is 286 g/mol. The van der Waals surface area contributed by atoms with Crippen molar-refractivity contribution in [2.45, 2.75) is 33.6 Å². The van der Waals surface area contributed by atoms with Crippen LogP contribution < -0.4 is 16.4 Å². The van der Waals surface area contributed by atoms with Crippen molar-refractivity contribution < 1.29 is 4.79 Å². The zero-order chi connectivity index (χ0) is 15.8. The van der Waals surface area contributed by atoms with Crippen LogP contribution in [0.25, 0.3) is 0 Å². The fourth-order valence-electron chi connectivity index (χ4n) is 3.10. The third-order valence-electron chi connectivity index (χ3n) is 4.39.